The van der Waals surface area contributed by atoms with Crippen molar-refractivity contribution in [1.29, 1.82) is 0 Å². The molecule has 0 N–H and O–H groups in total. The Morgan fingerprint density at radius 2 is 1.83 bits per heavy atom. The second-order valence-corrected chi connectivity index (χ2v) is 9.13. The highest BCUT2D eigenvalue weighted by molar-refractivity contribution is 9.10. The summed E-state index contributed by atoms with van der Waals surface area (Å²) in [6.45, 7) is 2.29. The first-order chi connectivity index (χ1) is 14.1. The van der Waals surface area contributed by atoms with Crippen LogP contribution in [0.4, 0.5) is 0 Å². The van der Waals surface area contributed by atoms with Crippen molar-refractivity contribution < 1.29 is 14.2 Å². The van der Waals surface area contributed by atoms with Crippen LogP contribution in [0.1, 0.15) is 36.4 Å². The summed E-state index contributed by atoms with van der Waals surface area (Å²) in [5.74, 6) is 2.58. The first-order valence-corrected chi connectivity index (χ1v) is 10.8. The van der Waals surface area contributed by atoms with Gasteiger partial charge in [-0.3, -0.25) is 0 Å². The van der Waals surface area contributed by atoms with Gasteiger partial charge >= 0.3 is 0 Å². The summed E-state index contributed by atoms with van der Waals surface area (Å²) in [7, 11) is 2.17. The van der Waals surface area contributed by atoms with Crippen molar-refractivity contribution in [3.8, 4) is 17.2 Å². The molecule has 6 nitrogen and oxygen atoms in total. The average molecular weight is 456 g/mol. The van der Waals surface area contributed by atoms with E-state index in [0.29, 0.717) is 0 Å². The van der Waals surface area contributed by atoms with Crippen LogP contribution in [0, 0.1) is 0 Å². The molecule has 150 valence electrons. The van der Waals surface area contributed by atoms with Gasteiger partial charge in [-0.05, 0) is 43.4 Å². The Labute approximate surface area is 178 Å². The van der Waals surface area contributed by atoms with Gasteiger partial charge in [-0.25, -0.2) is 5.01 Å². The van der Waals surface area contributed by atoms with E-state index in [0.717, 1.165) is 65.3 Å². The predicted molar refractivity (Wildman–Crippen MR) is 113 cm³/mol. The van der Waals surface area contributed by atoms with E-state index in [4.69, 9.17) is 19.3 Å². The molecule has 6 rings (SSSR count). The third-order valence-electron chi connectivity index (χ3n) is 6.43. The highest BCUT2D eigenvalue weighted by atomic mass is 79.9. The van der Waals surface area contributed by atoms with Gasteiger partial charge in [0.2, 0.25) is 12.5 Å². The van der Waals surface area contributed by atoms with E-state index in [1.165, 1.54) is 5.56 Å². The summed E-state index contributed by atoms with van der Waals surface area (Å²) in [5.41, 5.74) is 2.98. The molecule has 2 aromatic rings. The van der Waals surface area contributed by atoms with Crippen molar-refractivity contribution in [3.63, 3.8) is 0 Å². The number of rotatable bonds is 1. The van der Waals surface area contributed by atoms with Crippen LogP contribution >= 0.6 is 15.9 Å². The first-order valence-electron chi connectivity index (χ1n) is 10.1. The second kappa shape index (κ2) is 6.37. The molecule has 2 aromatic carbocycles. The third-order valence-corrected chi connectivity index (χ3v) is 6.93. The Bertz CT molecular complexity index is 1020. The van der Waals surface area contributed by atoms with Crippen LogP contribution in [-0.4, -0.2) is 48.3 Å². The van der Waals surface area contributed by atoms with Gasteiger partial charge in [0.15, 0.2) is 11.5 Å². The summed E-state index contributed by atoms with van der Waals surface area (Å²) in [5, 5.41) is 7.38. The Morgan fingerprint density at radius 3 is 2.69 bits per heavy atom. The smallest absolute Gasteiger partial charge is 0.231 e. The van der Waals surface area contributed by atoms with Crippen LogP contribution in [0.2, 0.25) is 0 Å². The van der Waals surface area contributed by atoms with E-state index < -0.39 is 0 Å². The van der Waals surface area contributed by atoms with E-state index in [1.54, 1.807) is 0 Å². The molecule has 4 aliphatic heterocycles. The molecule has 0 saturated carbocycles. The molecule has 4 heterocycles. The topological polar surface area (TPSA) is 46.5 Å². The van der Waals surface area contributed by atoms with Crippen molar-refractivity contribution in [2.24, 2.45) is 5.10 Å². The molecule has 0 bridgehead atoms. The number of fused-ring (bicyclic) bond motifs is 5. The summed E-state index contributed by atoms with van der Waals surface area (Å²) in [6, 6.07) is 12.6. The van der Waals surface area contributed by atoms with Crippen LogP contribution in [-0.2, 0) is 0 Å². The van der Waals surface area contributed by atoms with Gasteiger partial charge in [-0.15, -0.1) is 0 Å². The largest absolute Gasteiger partial charge is 0.466 e. The van der Waals surface area contributed by atoms with Crippen molar-refractivity contribution in [2.75, 3.05) is 26.9 Å². The molecule has 1 fully saturated rings. The summed E-state index contributed by atoms with van der Waals surface area (Å²) < 4.78 is 18.8. The van der Waals surface area contributed by atoms with Crippen LogP contribution in [0.3, 0.4) is 0 Å². The van der Waals surface area contributed by atoms with Crippen LogP contribution < -0.4 is 14.2 Å². The molecule has 4 aliphatic rings. The molecule has 1 unspecified atom stereocenters. The zero-order valence-corrected chi connectivity index (χ0v) is 17.8. The second-order valence-electron chi connectivity index (χ2n) is 8.21. The Balaban J connectivity index is 1.43. The Morgan fingerprint density at radius 1 is 1.03 bits per heavy atom. The molecule has 0 aliphatic carbocycles. The summed E-state index contributed by atoms with van der Waals surface area (Å²) >= 11 is 3.63. The molecular weight excluding hydrogens is 434 g/mol. The van der Waals surface area contributed by atoms with Gasteiger partial charge in [0, 0.05) is 48.0 Å². The predicted octanol–water partition coefficient (Wildman–Crippen LogP) is 4.14. The lowest BCUT2D eigenvalue weighted by molar-refractivity contribution is -0.147. The highest BCUT2D eigenvalue weighted by Gasteiger charge is 2.51. The SMILES string of the molecule is CN1CCC2(CC1)Oc1ccc(Br)cc1C1CC(c3ccc4c(c3)OCO4)=NN12. The van der Waals surface area contributed by atoms with E-state index >= 15 is 0 Å². The zero-order valence-electron chi connectivity index (χ0n) is 16.2. The minimum Gasteiger partial charge on any atom is -0.466 e. The molecule has 7 heteroatoms. The van der Waals surface area contributed by atoms with E-state index in [1.807, 2.05) is 12.1 Å². The van der Waals surface area contributed by atoms with Crippen molar-refractivity contribution in [1.82, 2.24) is 9.91 Å². The minimum atomic E-state index is -0.379. The zero-order chi connectivity index (χ0) is 19.6. The van der Waals surface area contributed by atoms with Crippen LogP contribution in [0.5, 0.6) is 17.2 Å². The number of benzene rings is 2. The number of halogens is 1. The molecule has 29 heavy (non-hydrogen) atoms. The number of hydrogen-bond acceptors (Lipinski definition) is 6. The minimum absolute atomic E-state index is 0.181. The van der Waals surface area contributed by atoms with E-state index in [9.17, 15) is 0 Å². The highest BCUT2D eigenvalue weighted by Crippen LogP contribution is 2.50. The maximum Gasteiger partial charge on any atom is 0.231 e. The Kier molecular flexibility index (Phi) is 3.87. The van der Waals surface area contributed by atoms with Gasteiger partial charge in [0.05, 0.1) is 11.8 Å². The maximum atomic E-state index is 6.66. The number of hydrogen-bond donors (Lipinski definition) is 0. The summed E-state index contributed by atoms with van der Waals surface area (Å²) in [4.78, 5) is 2.36. The van der Waals surface area contributed by atoms with Gasteiger partial charge in [-0.1, -0.05) is 15.9 Å². The Hall–Kier alpha value is -2.25. The molecule has 0 aromatic heterocycles. The molecule has 0 radical (unpaired) electrons. The third kappa shape index (κ3) is 2.74. The average Bonchev–Trinajstić information content (AvgIpc) is 3.38. The van der Waals surface area contributed by atoms with E-state index in [-0.39, 0.29) is 18.6 Å². The number of nitrogens with zero attached hydrogens (tertiary/aromatic N) is 3. The summed E-state index contributed by atoms with van der Waals surface area (Å²) in [6.07, 6.45) is 2.73. The van der Waals surface area contributed by atoms with Crippen molar-refractivity contribution >= 4 is 21.6 Å². The number of likely N-dealkylation sites (tertiary alicyclic amines) is 1. The number of ether oxygens (including phenoxy) is 3. The quantitative estimate of drug-likeness (QED) is 0.646. The van der Waals surface area contributed by atoms with Gasteiger partial charge in [0.1, 0.15) is 5.75 Å². The lowest BCUT2D eigenvalue weighted by Gasteiger charge is -2.50. The first kappa shape index (κ1) is 17.6. The molecular formula is C22H22BrN3O3. The monoisotopic (exact) mass is 455 g/mol. The normalized spacial score (nSPS) is 24.1. The lowest BCUT2D eigenvalue weighted by Crippen LogP contribution is -2.58. The molecule has 1 saturated heterocycles. The fourth-order valence-electron chi connectivity index (χ4n) is 4.80. The lowest BCUT2D eigenvalue weighted by atomic mass is 9.91. The number of hydrazone groups is 1. The van der Waals surface area contributed by atoms with Crippen molar-refractivity contribution in [3.05, 3.63) is 52.0 Å². The van der Waals surface area contributed by atoms with Gasteiger partial charge < -0.3 is 19.1 Å². The molecule has 1 spiro atoms. The number of piperidine rings is 1. The van der Waals surface area contributed by atoms with Crippen molar-refractivity contribution in [2.45, 2.75) is 31.0 Å². The van der Waals surface area contributed by atoms with Crippen LogP contribution in [0.15, 0.2) is 46.0 Å². The fourth-order valence-corrected chi connectivity index (χ4v) is 5.18. The standard InChI is InChI=1S/C22H22BrN3O3/c1-25-8-6-22(7-9-25)26-18(16-11-15(23)3-5-19(16)29-22)12-17(24-26)14-2-4-20-21(10-14)28-13-27-20/h2-5,10-11,18H,6-9,12-13H2,1H3. The maximum absolute atomic E-state index is 6.66. The molecule has 1 atom stereocenters. The molecule has 0 amide bonds. The van der Waals surface area contributed by atoms with Gasteiger partial charge in [0.25, 0.3) is 0 Å². The van der Waals surface area contributed by atoms with Gasteiger partial charge in [-0.2, -0.15) is 5.10 Å². The fraction of sp³-hybridized carbons (Fsp3) is 0.409. The van der Waals surface area contributed by atoms with E-state index in [2.05, 4.69) is 57.2 Å². The van der Waals surface area contributed by atoms with Crippen LogP contribution in [0.25, 0.3) is 0 Å².